The number of esters is 2. The van der Waals surface area contributed by atoms with Gasteiger partial charge in [-0.2, -0.15) is 0 Å². The van der Waals surface area contributed by atoms with Gasteiger partial charge in [0.05, 0.1) is 13.2 Å². The van der Waals surface area contributed by atoms with Crippen LogP contribution in [0.25, 0.3) is 0 Å². The molecule has 0 heterocycles. The van der Waals surface area contributed by atoms with Crippen LogP contribution >= 0.6 is 0 Å². The Kier molecular flexibility index (Phi) is 14.0. The molecule has 0 aromatic heterocycles. The van der Waals surface area contributed by atoms with Crippen molar-refractivity contribution in [3.63, 3.8) is 0 Å². The largest absolute Gasteiger partial charge is 0.464 e. The molecule has 4 N–H and O–H groups in total. The number of nitrogens with two attached hydrogens (primary N) is 2. The van der Waals surface area contributed by atoms with E-state index in [-0.39, 0.29) is 11.9 Å². The van der Waals surface area contributed by atoms with Gasteiger partial charge in [0.15, 0.2) is 12.2 Å². The molecule has 0 saturated carbocycles. The van der Waals surface area contributed by atoms with Crippen LogP contribution in [0, 0.1) is 0 Å². The minimum atomic E-state index is -0.538. The van der Waals surface area contributed by atoms with Gasteiger partial charge in [-0.25, -0.2) is 9.59 Å². The van der Waals surface area contributed by atoms with Gasteiger partial charge in [0.2, 0.25) is 0 Å². The van der Waals surface area contributed by atoms with Crippen LogP contribution in [0.4, 0.5) is 11.4 Å². The standard InChI is InChI=1S/2C13H19NO3/c2*1-3-16-12(13(15)17-4-2)9-10-5-7-11(14)8-6-10/h2*5-8,12H,3-4,9,14H2,1-2H3/t2*12-/m10/s1. The Bertz CT molecular complexity index is 768. The molecule has 0 aliphatic heterocycles. The van der Waals surface area contributed by atoms with Gasteiger partial charge in [-0.15, -0.1) is 0 Å². The van der Waals surface area contributed by atoms with Crippen molar-refractivity contribution in [3.05, 3.63) is 59.7 Å². The molecule has 188 valence electrons. The molecule has 8 nitrogen and oxygen atoms in total. The predicted octanol–water partition coefficient (Wildman–Crippen LogP) is 3.56. The molecule has 2 aromatic rings. The zero-order chi connectivity index (χ0) is 25.3. The first-order valence-electron chi connectivity index (χ1n) is 11.6. The zero-order valence-electron chi connectivity index (χ0n) is 20.6. The van der Waals surface area contributed by atoms with Crippen LogP contribution < -0.4 is 11.5 Å². The molecule has 0 unspecified atom stereocenters. The van der Waals surface area contributed by atoms with Gasteiger partial charge in [0.1, 0.15) is 0 Å². The van der Waals surface area contributed by atoms with Crippen LogP contribution in [-0.2, 0) is 41.4 Å². The van der Waals surface area contributed by atoms with Crippen LogP contribution in [0.2, 0.25) is 0 Å². The minimum Gasteiger partial charge on any atom is -0.464 e. The van der Waals surface area contributed by atoms with Gasteiger partial charge >= 0.3 is 11.9 Å². The lowest BCUT2D eigenvalue weighted by atomic mass is 10.1. The lowest BCUT2D eigenvalue weighted by Crippen LogP contribution is -2.28. The Morgan fingerprint density at radius 3 is 1.21 bits per heavy atom. The molecular weight excluding hydrogens is 436 g/mol. The lowest BCUT2D eigenvalue weighted by molar-refractivity contribution is -0.157. The second-order valence-corrected chi connectivity index (χ2v) is 7.28. The summed E-state index contributed by atoms with van der Waals surface area (Å²) in [6, 6.07) is 14.8. The van der Waals surface area contributed by atoms with Crippen molar-refractivity contribution >= 4 is 23.3 Å². The van der Waals surface area contributed by atoms with E-state index in [1.165, 1.54) is 0 Å². The van der Waals surface area contributed by atoms with Crippen molar-refractivity contribution < 1.29 is 28.5 Å². The molecule has 0 radical (unpaired) electrons. The molecule has 2 rings (SSSR count). The summed E-state index contributed by atoms with van der Waals surface area (Å²) in [6.07, 6.45) is -0.0629. The van der Waals surface area contributed by atoms with Crippen molar-refractivity contribution in [2.75, 3.05) is 37.9 Å². The molecule has 0 amide bonds. The van der Waals surface area contributed by atoms with Crippen LogP contribution in [0.1, 0.15) is 38.8 Å². The number of nitrogen functional groups attached to an aromatic ring is 2. The van der Waals surface area contributed by atoms with Crippen LogP contribution in [0.5, 0.6) is 0 Å². The molecule has 0 spiro atoms. The van der Waals surface area contributed by atoms with Gasteiger partial charge in [-0.3, -0.25) is 0 Å². The highest BCUT2D eigenvalue weighted by atomic mass is 16.6. The topological polar surface area (TPSA) is 123 Å². The van der Waals surface area contributed by atoms with E-state index in [9.17, 15) is 9.59 Å². The molecule has 0 aliphatic rings. The molecule has 0 fully saturated rings. The van der Waals surface area contributed by atoms with E-state index in [0.717, 1.165) is 11.1 Å². The first-order valence-corrected chi connectivity index (χ1v) is 11.6. The molecule has 34 heavy (non-hydrogen) atoms. The van der Waals surface area contributed by atoms with Gasteiger partial charge in [0, 0.05) is 37.4 Å². The fraction of sp³-hybridized carbons (Fsp3) is 0.462. The Balaban J connectivity index is 0.000000340. The van der Waals surface area contributed by atoms with E-state index in [0.29, 0.717) is 50.6 Å². The second-order valence-electron chi connectivity index (χ2n) is 7.28. The van der Waals surface area contributed by atoms with E-state index in [1.54, 1.807) is 13.8 Å². The molecule has 0 bridgehead atoms. The Morgan fingerprint density at radius 2 is 0.941 bits per heavy atom. The third-order valence-corrected chi connectivity index (χ3v) is 4.64. The number of anilines is 2. The van der Waals surface area contributed by atoms with Crippen molar-refractivity contribution in [2.24, 2.45) is 0 Å². The zero-order valence-corrected chi connectivity index (χ0v) is 20.6. The van der Waals surface area contributed by atoms with Gasteiger partial charge in [-0.1, -0.05) is 24.3 Å². The Labute approximate surface area is 202 Å². The number of hydrogen-bond acceptors (Lipinski definition) is 8. The maximum absolute atomic E-state index is 11.6. The van der Waals surface area contributed by atoms with Crippen molar-refractivity contribution in [3.8, 4) is 0 Å². The summed E-state index contributed by atoms with van der Waals surface area (Å²) >= 11 is 0. The maximum atomic E-state index is 11.6. The van der Waals surface area contributed by atoms with Crippen molar-refractivity contribution in [1.82, 2.24) is 0 Å². The van der Waals surface area contributed by atoms with Gasteiger partial charge < -0.3 is 30.4 Å². The van der Waals surface area contributed by atoms with E-state index in [1.807, 2.05) is 62.4 Å². The van der Waals surface area contributed by atoms with Crippen molar-refractivity contribution in [1.29, 1.82) is 0 Å². The summed E-state index contributed by atoms with van der Waals surface area (Å²) in [5, 5.41) is 0. The van der Waals surface area contributed by atoms with Crippen LogP contribution in [0.15, 0.2) is 48.5 Å². The SMILES string of the molecule is CCOC(=O)[C@@H](Cc1ccc(N)cc1)OCC.CCOC(=O)[C@H](Cc1ccc(N)cc1)OCC. The summed E-state index contributed by atoms with van der Waals surface area (Å²) < 4.78 is 20.7. The number of benzene rings is 2. The van der Waals surface area contributed by atoms with E-state index >= 15 is 0 Å². The van der Waals surface area contributed by atoms with Gasteiger partial charge in [0.25, 0.3) is 0 Å². The summed E-state index contributed by atoms with van der Waals surface area (Å²) in [6.45, 7) is 8.98. The van der Waals surface area contributed by atoms with Gasteiger partial charge in [-0.05, 0) is 63.1 Å². The summed E-state index contributed by atoms with van der Waals surface area (Å²) in [5.41, 5.74) is 14.6. The lowest BCUT2D eigenvalue weighted by Gasteiger charge is -2.15. The predicted molar refractivity (Wildman–Crippen MR) is 133 cm³/mol. The quantitative estimate of drug-likeness (QED) is 0.354. The average molecular weight is 475 g/mol. The number of ether oxygens (including phenoxy) is 4. The molecule has 0 saturated heterocycles. The molecule has 0 aliphatic carbocycles. The summed E-state index contributed by atoms with van der Waals surface area (Å²) in [7, 11) is 0. The van der Waals surface area contributed by atoms with Crippen LogP contribution in [-0.4, -0.2) is 50.6 Å². The van der Waals surface area contributed by atoms with Crippen molar-refractivity contribution in [2.45, 2.75) is 52.7 Å². The molecule has 8 heteroatoms. The highest BCUT2D eigenvalue weighted by molar-refractivity contribution is 5.75. The third-order valence-electron chi connectivity index (χ3n) is 4.64. The number of carbonyl (C=O) groups excluding carboxylic acids is 2. The highest BCUT2D eigenvalue weighted by Crippen LogP contribution is 2.12. The van der Waals surface area contributed by atoms with Crippen LogP contribution in [0.3, 0.4) is 0 Å². The fourth-order valence-electron chi connectivity index (χ4n) is 3.03. The minimum absolute atomic E-state index is 0.314. The van der Waals surface area contributed by atoms with E-state index < -0.39 is 12.2 Å². The number of carbonyl (C=O) groups is 2. The Hall–Kier alpha value is -3.10. The fourth-order valence-corrected chi connectivity index (χ4v) is 3.03. The smallest absolute Gasteiger partial charge is 0.335 e. The maximum Gasteiger partial charge on any atom is 0.335 e. The normalized spacial score (nSPS) is 12.1. The molecule has 2 aromatic carbocycles. The first-order chi connectivity index (χ1) is 16.3. The third kappa shape index (κ3) is 11.2. The Morgan fingerprint density at radius 1 is 0.618 bits per heavy atom. The monoisotopic (exact) mass is 474 g/mol. The average Bonchev–Trinajstić information content (AvgIpc) is 2.82. The van der Waals surface area contributed by atoms with E-state index in [2.05, 4.69) is 0 Å². The summed E-state index contributed by atoms with van der Waals surface area (Å²) in [4.78, 5) is 23.3. The molecule has 2 atom stereocenters. The van der Waals surface area contributed by atoms with E-state index in [4.69, 9.17) is 30.4 Å². The second kappa shape index (κ2) is 16.5. The number of rotatable bonds is 12. The number of hydrogen-bond donors (Lipinski definition) is 2. The summed E-state index contributed by atoms with van der Waals surface area (Å²) in [5.74, 6) is -0.627. The molecular formula is C26H38N2O6. The highest BCUT2D eigenvalue weighted by Gasteiger charge is 2.21. The first kappa shape index (κ1) is 28.9.